The lowest BCUT2D eigenvalue weighted by atomic mass is 9.94. The van der Waals surface area contributed by atoms with E-state index in [9.17, 15) is 14.7 Å². The number of carbonyl (C=O) groups excluding carboxylic acids is 1. The van der Waals surface area contributed by atoms with Gasteiger partial charge in [-0.3, -0.25) is 4.79 Å². The molecule has 0 aliphatic carbocycles. The zero-order chi connectivity index (χ0) is 17.1. The molecule has 1 aliphatic rings. The summed E-state index contributed by atoms with van der Waals surface area (Å²) < 4.78 is 6.00. The van der Waals surface area contributed by atoms with Crippen LogP contribution in [0.1, 0.15) is 17.2 Å². The maximum Gasteiger partial charge on any atom is 0.410 e. The molecule has 2 atom stereocenters. The van der Waals surface area contributed by atoms with Gasteiger partial charge in [0.1, 0.15) is 6.61 Å². The predicted octanol–water partition coefficient (Wildman–Crippen LogP) is 3.34. The van der Waals surface area contributed by atoms with E-state index in [1.165, 1.54) is 16.2 Å². The molecule has 0 bridgehead atoms. The lowest BCUT2D eigenvalue weighted by molar-refractivity contribution is -0.141. The van der Waals surface area contributed by atoms with E-state index >= 15 is 0 Å². The number of amides is 1. The van der Waals surface area contributed by atoms with Gasteiger partial charge in [0.05, 0.1) is 11.6 Å². The van der Waals surface area contributed by atoms with Gasteiger partial charge in [-0.1, -0.05) is 30.3 Å². The number of rotatable bonds is 4. The van der Waals surface area contributed by atoms with E-state index in [1.54, 1.807) is 0 Å². The third-order valence-corrected chi connectivity index (χ3v) is 5.36. The lowest BCUT2D eigenvalue weighted by Gasteiger charge is -2.15. The zero-order valence-corrected chi connectivity index (χ0v) is 15.0. The molecule has 3 rings (SSSR count). The van der Waals surface area contributed by atoms with E-state index in [4.69, 9.17) is 4.74 Å². The van der Waals surface area contributed by atoms with Crippen molar-refractivity contribution in [3.63, 3.8) is 0 Å². The topological polar surface area (TPSA) is 79.7 Å². The molecule has 1 aromatic carbocycles. The molecule has 1 fully saturated rings. The summed E-state index contributed by atoms with van der Waals surface area (Å²) >= 11 is 4.69. The number of carbonyl (C=O) groups is 2. The lowest BCUT2D eigenvalue weighted by Crippen LogP contribution is -2.30. The number of carboxylic acid groups (broad SMARTS) is 1. The number of aliphatic carboxylic acids is 1. The molecule has 6 nitrogen and oxygen atoms in total. The molecule has 126 valence electrons. The molecule has 8 heteroatoms. The summed E-state index contributed by atoms with van der Waals surface area (Å²) in [7, 11) is 0. The smallest absolute Gasteiger partial charge is 0.410 e. The summed E-state index contributed by atoms with van der Waals surface area (Å²) in [4.78, 5) is 29.5. The van der Waals surface area contributed by atoms with Crippen molar-refractivity contribution in [3.05, 3.63) is 50.9 Å². The SMILES string of the molecule is O=C(O)C1CN(C(=O)OCc2ccccc2)CC1c1csc(Br)n1. The first-order chi connectivity index (χ1) is 11.5. The van der Waals surface area contributed by atoms with E-state index in [1.807, 2.05) is 35.7 Å². The van der Waals surface area contributed by atoms with Crippen LogP contribution in [-0.4, -0.2) is 40.1 Å². The van der Waals surface area contributed by atoms with Gasteiger partial charge >= 0.3 is 12.1 Å². The Bertz CT molecular complexity index is 737. The van der Waals surface area contributed by atoms with Crippen molar-refractivity contribution >= 4 is 39.3 Å². The van der Waals surface area contributed by atoms with Gasteiger partial charge in [-0.05, 0) is 21.5 Å². The second-order valence-electron chi connectivity index (χ2n) is 5.52. The minimum Gasteiger partial charge on any atom is -0.481 e. The standard InChI is InChI=1S/C16H15BrN2O4S/c17-15-18-13(9-24-15)11-6-19(7-12(11)14(20)21)16(22)23-8-10-4-2-1-3-5-10/h1-5,9,11-12H,6-8H2,(H,20,21). The monoisotopic (exact) mass is 410 g/mol. The molecule has 0 radical (unpaired) electrons. The first-order valence-corrected chi connectivity index (χ1v) is 9.01. The van der Waals surface area contributed by atoms with E-state index < -0.39 is 18.0 Å². The number of halogens is 1. The second-order valence-corrected chi connectivity index (χ2v) is 7.66. The van der Waals surface area contributed by atoms with E-state index in [0.717, 1.165) is 5.56 Å². The Morgan fingerprint density at radius 1 is 1.33 bits per heavy atom. The maximum absolute atomic E-state index is 12.3. The van der Waals surface area contributed by atoms with E-state index in [2.05, 4.69) is 20.9 Å². The van der Waals surface area contributed by atoms with Crippen molar-refractivity contribution in [2.45, 2.75) is 12.5 Å². The van der Waals surface area contributed by atoms with Crippen LogP contribution in [0.5, 0.6) is 0 Å². The molecule has 1 N–H and O–H groups in total. The molecule has 1 aliphatic heterocycles. The molecule has 1 aromatic heterocycles. The van der Waals surface area contributed by atoms with Crippen LogP contribution in [-0.2, 0) is 16.1 Å². The van der Waals surface area contributed by atoms with Gasteiger partial charge in [-0.25, -0.2) is 9.78 Å². The summed E-state index contributed by atoms with van der Waals surface area (Å²) in [5.74, 6) is -1.93. The van der Waals surface area contributed by atoms with Gasteiger partial charge in [0.25, 0.3) is 0 Å². The molecule has 2 heterocycles. The maximum atomic E-state index is 12.3. The fourth-order valence-corrected chi connectivity index (χ4v) is 3.84. The van der Waals surface area contributed by atoms with Crippen LogP contribution in [0.3, 0.4) is 0 Å². The highest BCUT2D eigenvalue weighted by Crippen LogP contribution is 2.34. The van der Waals surface area contributed by atoms with Crippen molar-refractivity contribution in [3.8, 4) is 0 Å². The number of likely N-dealkylation sites (tertiary alicyclic amines) is 1. The van der Waals surface area contributed by atoms with Crippen LogP contribution in [0.25, 0.3) is 0 Å². The average Bonchev–Trinajstić information content (AvgIpc) is 3.20. The number of aromatic nitrogens is 1. The highest BCUT2D eigenvalue weighted by atomic mass is 79.9. The van der Waals surface area contributed by atoms with Crippen LogP contribution < -0.4 is 0 Å². The Morgan fingerprint density at radius 3 is 2.71 bits per heavy atom. The fourth-order valence-electron chi connectivity index (χ4n) is 2.75. The van der Waals surface area contributed by atoms with Crippen LogP contribution in [0.2, 0.25) is 0 Å². The Labute approximate surface area is 151 Å². The Balaban J connectivity index is 1.66. The summed E-state index contributed by atoms with van der Waals surface area (Å²) in [6, 6.07) is 9.37. The Hall–Kier alpha value is -1.93. The van der Waals surface area contributed by atoms with Gasteiger partial charge < -0.3 is 14.7 Å². The van der Waals surface area contributed by atoms with Gasteiger partial charge in [-0.15, -0.1) is 11.3 Å². The summed E-state index contributed by atoms with van der Waals surface area (Å²) in [5, 5.41) is 11.3. The minimum atomic E-state index is -0.928. The third kappa shape index (κ3) is 3.76. The number of benzene rings is 1. The van der Waals surface area contributed by atoms with Crippen molar-refractivity contribution in [2.75, 3.05) is 13.1 Å². The van der Waals surface area contributed by atoms with Crippen molar-refractivity contribution in [2.24, 2.45) is 5.92 Å². The number of thiazole rings is 1. The van der Waals surface area contributed by atoms with Gasteiger partial charge in [-0.2, -0.15) is 0 Å². The van der Waals surface area contributed by atoms with E-state index in [-0.39, 0.29) is 19.1 Å². The quantitative estimate of drug-likeness (QED) is 0.835. The minimum absolute atomic E-state index is 0.128. The number of hydrogen-bond acceptors (Lipinski definition) is 5. The molecule has 2 aromatic rings. The molecule has 0 saturated carbocycles. The number of ether oxygens (including phenoxy) is 1. The van der Waals surface area contributed by atoms with Crippen LogP contribution in [0, 0.1) is 5.92 Å². The van der Waals surface area contributed by atoms with Crippen LogP contribution in [0.15, 0.2) is 39.6 Å². The van der Waals surface area contributed by atoms with Gasteiger partial charge in [0, 0.05) is 24.4 Å². The number of hydrogen-bond donors (Lipinski definition) is 1. The number of carboxylic acids is 1. The molecular formula is C16H15BrN2O4S. The summed E-state index contributed by atoms with van der Waals surface area (Å²) in [5.41, 5.74) is 1.58. The largest absolute Gasteiger partial charge is 0.481 e. The third-order valence-electron chi connectivity index (χ3n) is 3.97. The first kappa shape index (κ1) is 16.9. The number of nitrogens with zero attached hydrogens (tertiary/aromatic N) is 2. The fraction of sp³-hybridized carbons (Fsp3) is 0.312. The van der Waals surface area contributed by atoms with Gasteiger partial charge in [0.2, 0.25) is 0 Å². The average molecular weight is 411 g/mol. The normalized spacial score (nSPS) is 20.1. The summed E-state index contributed by atoms with van der Waals surface area (Å²) in [6.45, 7) is 0.588. The van der Waals surface area contributed by atoms with Gasteiger partial charge in [0.15, 0.2) is 3.92 Å². The molecular weight excluding hydrogens is 396 g/mol. The van der Waals surface area contributed by atoms with E-state index in [0.29, 0.717) is 16.2 Å². The van der Waals surface area contributed by atoms with Crippen LogP contribution in [0.4, 0.5) is 4.79 Å². The molecule has 0 spiro atoms. The summed E-state index contributed by atoms with van der Waals surface area (Å²) in [6.07, 6.45) is -0.498. The second kappa shape index (κ2) is 7.31. The van der Waals surface area contributed by atoms with Crippen molar-refractivity contribution in [1.82, 2.24) is 9.88 Å². The van der Waals surface area contributed by atoms with Crippen molar-refractivity contribution < 1.29 is 19.4 Å². The zero-order valence-electron chi connectivity index (χ0n) is 12.6. The Kier molecular flexibility index (Phi) is 5.15. The highest BCUT2D eigenvalue weighted by Gasteiger charge is 2.42. The van der Waals surface area contributed by atoms with Crippen LogP contribution >= 0.6 is 27.3 Å². The molecule has 2 unspecified atom stereocenters. The predicted molar refractivity (Wildman–Crippen MR) is 91.9 cm³/mol. The molecule has 24 heavy (non-hydrogen) atoms. The Morgan fingerprint density at radius 2 is 2.08 bits per heavy atom. The molecule has 1 saturated heterocycles. The van der Waals surface area contributed by atoms with Crippen molar-refractivity contribution in [1.29, 1.82) is 0 Å². The molecule has 1 amide bonds. The highest BCUT2D eigenvalue weighted by molar-refractivity contribution is 9.11. The first-order valence-electron chi connectivity index (χ1n) is 7.34.